The summed E-state index contributed by atoms with van der Waals surface area (Å²) in [5.74, 6) is 0.332. The van der Waals surface area contributed by atoms with E-state index in [0.29, 0.717) is 19.6 Å². The van der Waals surface area contributed by atoms with Gasteiger partial charge in [0, 0.05) is 37.8 Å². The number of aryl methyl sites for hydroxylation is 3. The molecule has 0 unspecified atom stereocenters. The third-order valence-electron chi connectivity index (χ3n) is 5.91. The summed E-state index contributed by atoms with van der Waals surface area (Å²) in [6.45, 7) is 8.56. The molecule has 6 nitrogen and oxygen atoms in total. The van der Waals surface area contributed by atoms with Gasteiger partial charge in [0.05, 0.1) is 22.0 Å². The zero-order valence-corrected chi connectivity index (χ0v) is 18.7. The minimum absolute atomic E-state index is 0.0658. The van der Waals surface area contributed by atoms with Crippen molar-refractivity contribution in [3.8, 4) is 0 Å². The molecule has 2 aliphatic heterocycles. The highest BCUT2D eigenvalue weighted by Gasteiger charge is 2.30. The smallest absolute Gasteiger partial charge is 0.265 e. The van der Waals surface area contributed by atoms with Crippen molar-refractivity contribution in [3.05, 3.63) is 56.8 Å². The molecule has 0 spiro atoms. The molecule has 7 heteroatoms. The van der Waals surface area contributed by atoms with Gasteiger partial charge in [-0.3, -0.25) is 14.6 Å². The number of carbonyl (C=O) groups excluding carboxylic acids is 2. The molecule has 2 aromatic heterocycles. The second-order valence-corrected chi connectivity index (χ2v) is 9.31. The van der Waals surface area contributed by atoms with E-state index in [-0.39, 0.29) is 17.7 Å². The van der Waals surface area contributed by atoms with Crippen LogP contribution in [0.2, 0.25) is 0 Å². The number of nitrogens with zero attached hydrogens (tertiary/aromatic N) is 4. The van der Waals surface area contributed by atoms with Gasteiger partial charge in [0.1, 0.15) is 4.88 Å². The number of piperidine rings is 1. The first-order chi connectivity index (χ1) is 14.4. The molecular weight excluding hydrogens is 396 g/mol. The van der Waals surface area contributed by atoms with E-state index >= 15 is 0 Å². The second kappa shape index (κ2) is 8.68. The Morgan fingerprint density at radius 2 is 1.73 bits per heavy atom. The topological polar surface area (TPSA) is 66.4 Å². The first kappa shape index (κ1) is 20.7. The first-order valence-corrected chi connectivity index (χ1v) is 11.4. The molecule has 0 aromatic carbocycles. The number of aromatic nitrogens is 2. The Hall–Kier alpha value is -2.54. The molecule has 2 aliphatic rings. The standard InChI is InChI=1S/C23H28N4O2S/c1-15-7-8-19(22(28)26-11-5-4-6-12-26)20(24-15)18-9-13-27(14-10-18)23(29)21-16(2)25-17(3)30-21/h4-5,7-8,18H,6,9-14H2,1-3H3. The second-order valence-electron chi connectivity index (χ2n) is 8.11. The summed E-state index contributed by atoms with van der Waals surface area (Å²) < 4.78 is 0. The molecule has 0 radical (unpaired) electrons. The summed E-state index contributed by atoms with van der Waals surface area (Å²) in [7, 11) is 0. The van der Waals surface area contributed by atoms with E-state index in [0.717, 1.165) is 58.3 Å². The van der Waals surface area contributed by atoms with E-state index in [1.165, 1.54) is 11.3 Å². The van der Waals surface area contributed by atoms with E-state index < -0.39 is 0 Å². The lowest BCUT2D eigenvalue weighted by atomic mass is 9.89. The molecule has 0 bridgehead atoms. The van der Waals surface area contributed by atoms with Crippen LogP contribution in [-0.2, 0) is 0 Å². The molecule has 0 saturated carbocycles. The Kier molecular flexibility index (Phi) is 5.99. The highest BCUT2D eigenvalue weighted by Crippen LogP contribution is 2.31. The quantitative estimate of drug-likeness (QED) is 0.701. The fourth-order valence-corrected chi connectivity index (χ4v) is 5.18. The van der Waals surface area contributed by atoms with Crippen LogP contribution in [0.5, 0.6) is 0 Å². The number of thiazole rings is 1. The van der Waals surface area contributed by atoms with Crippen molar-refractivity contribution < 1.29 is 9.59 Å². The Labute approximate surface area is 181 Å². The Bertz CT molecular complexity index is 989. The van der Waals surface area contributed by atoms with Crippen LogP contribution in [0.3, 0.4) is 0 Å². The molecule has 1 fully saturated rings. The van der Waals surface area contributed by atoms with Crippen molar-refractivity contribution >= 4 is 23.2 Å². The Balaban J connectivity index is 1.50. The molecule has 158 valence electrons. The third kappa shape index (κ3) is 4.17. The fourth-order valence-electron chi connectivity index (χ4n) is 4.29. The molecule has 4 heterocycles. The summed E-state index contributed by atoms with van der Waals surface area (Å²) in [4.78, 5) is 39.8. The highest BCUT2D eigenvalue weighted by atomic mass is 32.1. The molecule has 30 heavy (non-hydrogen) atoms. The van der Waals surface area contributed by atoms with E-state index in [4.69, 9.17) is 4.98 Å². The average Bonchev–Trinajstić information content (AvgIpc) is 3.11. The predicted octanol–water partition coefficient (Wildman–Crippen LogP) is 3.89. The summed E-state index contributed by atoms with van der Waals surface area (Å²) in [5, 5.41) is 0.922. The molecule has 4 rings (SSSR count). The van der Waals surface area contributed by atoms with Crippen molar-refractivity contribution in [2.24, 2.45) is 0 Å². The summed E-state index contributed by atoms with van der Waals surface area (Å²) in [6.07, 6.45) is 6.71. The van der Waals surface area contributed by atoms with Gasteiger partial charge in [-0.1, -0.05) is 12.2 Å². The van der Waals surface area contributed by atoms with Crippen LogP contribution in [0.4, 0.5) is 0 Å². The fraction of sp³-hybridized carbons (Fsp3) is 0.478. The molecule has 0 atom stereocenters. The molecule has 1 saturated heterocycles. The van der Waals surface area contributed by atoms with Crippen LogP contribution in [0.1, 0.15) is 67.3 Å². The van der Waals surface area contributed by atoms with Crippen molar-refractivity contribution in [3.63, 3.8) is 0 Å². The summed E-state index contributed by atoms with van der Waals surface area (Å²) in [6, 6.07) is 3.85. The third-order valence-corrected chi connectivity index (χ3v) is 6.97. The van der Waals surface area contributed by atoms with Crippen molar-refractivity contribution in [1.82, 2.24) is 19.8 Å². The maximum atomic E-state index is 13.2. The normalized spacial score (nSPS) is 17.4. The van der Waals surface area contributed by atoms with Gasteiger partial charge >= 0.3 is 0 Å². The zero-order valence-electron chi connectivity index (χ0n) is 17.9. The summed E-state index contributed by atoms with van der Waals surface area (Å²) >= 11 is 1.47. The van der Waals surface area contributed by atoms with Crippen LogP contribution in [0, 0.1) is 20.8 Å². The first-order valence-electron chi connectivity index (χ1n) is 10.6. The van der Waals surface area contributed by atoms with Crippen molar-refractivity contribution in [2.45, 2.75) is 46.0 Å². The highest BCUT2D eigenvalue weighted by molar-refractivity contribution is 7.13. The lowest BCUT2D eigenvalue weighted by Crippen LogP contribution is -2.39. The molecular formula is C23H28N4O2S. The van der Waals surface area contributed by atoms with E-state index in [2.05, 4.69) is 17.1 Å². The lowest BCUT2D eigenvalue weighted by molar-refractivity contribution is 0.0709. The van der Waals surface area contributed by atoms with Crippen LogP contribution in [0.25, 0.3) is 0 Å². The number of hydrogen-bond donors (Lipinski definition) is 0. The number of rotatable bonds is 3. The van der Waals surface area contributed by atoms with Gasteiger partial charge in [-0.05, 0) is 52.2 Å². The molecule has 0 N–H and O–H groups in total. The number of hydrogen-bond acceptors (Lipinski definition) is 5. The molecule has 2 amide bonds. The Morgan fingerprint density at radius 1 is 0.967 bits per heavy atom. The summed E-state index contributed by atoms with van der Waals surface area (Å²) in [5.41, 5.74) is 3.35. The molecule has 0 aliphatic carbocycles. The van der Waals surface area contributed by atoms with Gasteiger partial charge in [0.15, 0.2) is 0 Å². The van der Waals surface area contributed by atoms with Crippen LogP contribution in [0.15, 0.2) is 24.3 Å². The van der Waals surface area contributed by atoms with Crippen LogP contribution in [-0.4, -0.2) is 57.8 Å². The average molecular weight is 425 g/mol. The zero-order chi connectivity index (χ0) is 21.3. The number of carbonyl (C=O) groups is 2. The van der Waals surface area contributed by atoms with Crippen molar-refractivity contribution in [2.75, 3.05) is 26.2 Å². The van der Waals surface area contributed by atoms with Gasteiger partial charge < -0.3 is 9.80 Å². The minimum Gasteiger partial charge on any atom is -0.338 e. The largest absolute Gasteiger partial charge is 0.338 e. The van der Waals surface area contributed by atoms with Gasteiger partial charge in [-0.25, -0.2) is 4.98 Å². The predicted molar refractivity (Wildman–Crippen MR) is 118 cm³/mol. The van der Waals surface area contributed by atoms with Gasteiger partial charge in [0.2, 0.25) is 0 Å². The monoisotopic (exact) mass is 424 g/mol. The van der Waals surface area contributed by atoms with E-state index in [1.807, 2.05) is 42.7 Å². The van der Waals surface area contributed by atoms with Crippen molar-refractivity contribution in [1.29, 1.82) is 0 Å². The minimum atomic E-state index is 0.0658. The van der Waals surface area contributed by atoms with Gasteiger partial charge in [-0.2, -0.15) is 0 Å². The lowest BCUT2D eigenvalue weighted by Gasteiger charge is -2.33. The van der Waals surface area contributed by atoms with Gasteiger partial charge in [-0.15, -0.1) is 11.3 Å². The SMILES string of the molecule is Cc1ccc(C(=O)N2CC=CCC2)c(C2CCN(C(=O)c3sc(C)nc3C)CC2)n1. The number of likely N-dealkylation sites (tertiary alicyclic amines) is 1. The number of pyridine rings is 1. The maximum Gasteiger partial charge on any atom is 0.265 e. The Morgan fingerprint density at radius 3 is 2.37 bits per heavy atom. The van der Waals surface area contributed by atoms with Crippen LogP contribution >= 0.6 is 11.3 Å². The maximum absolute atomic E-state index is 13.2. The van der Waals surface area contributed by atoms with Gasteiger partial charge in [0.25, 0.3) is 11.8 Å². The van der Waals surface area contributed by atoms with E-state index in [9.17, 15) is 9.59 Å². The molecule has 2 aromatic rings. The van der Waals surface area contributed by atoms with Crippen LogP contribution < -0.4 is 0 Å². The number of amides is 2. The van der Waals surface area contributed by atoms with E-state index in [1.54, 1.807) is 0 Å².